The van der Waals surface area contributed by atoms with Gasteiger partial charge in [-0.05, 0) is 19.4 Å². The first-order valence-corrected chi connectivity index (χ1v) is 5.55. The first-order chi connectivity index (χ1) is 6.18. The largest absolute Gasteiger partial charge is 0.266 e. The minimum atomic E-state index is -1.60. The van der Waals surface area contributed by atoms with E-state index in [0.717, 1.165) is 15.3 Å². The zero-order chi connectivity index (χ0) is 9.68. The lowest BCUT2D eigenvalue weighted by atomic mass is 10.5. The molecule has 1 aromatic heterocycles. The summed E-state index contributed by atoms with van der Waals surface area (Å²) < 4.78 is 24.2. The van der Waals surface area contributed by atoms with E-state index < -0.39 is 6.08 Å². The predicted octanol–water partition coefficient (Wildman–Crippen LogP) is 3.71. The second-order valence-electron chi connectivity index (χ2n) is 2.37. The molecule has 0 unspecified atom stereocenters. The van der Waals surface area contributed by atoms with E-state index in [2.05, 4.69) is 4.98 Å². The maximum atomic E-state index is 11.6. The van der Waals surface area contributed by atoms with Crippen molar-refractivity contribution in [1.29, 1.82) is 0 Å². The summed E-state index contributed by atoms with van der Waals surface area (Å²) in [4.78, 5) is 5.25. The molecule has 0 aliphatic rings. The van der Waals surface area contributed by atoms with E-state index in [4.69, 9.17) is 0 Å². The van der Waals surface area contributed by atoms with Crippen LogP contribution in [-0.4, -0.2) is 10.7 Å². The van der Waals surface area contributed by atoms with Crippen LogP contribution in [0, 0.1) is 6.92 Å². The molecule has 0 aliphatic carbocycles. The maximum Gasteiger partial charge on any atom is 0.266 e. The summed E-state index contributed by atoms with van der Waals surface area (Å²) in [5, 5.41) is 0. The van der Waals surface area contributed by atoms with Crippen molar-refractivity contribution in [2.45, 2.75) is 17.7 Å². The number of thioether (sulfide) groups is 1. The molecular weight excluding hydrogens is 212 g/mol. The van der Waals surface area contributed by atoms with Crippen molar-refractivity contribution in [3.63, 3.8) is 0 Å². The summed E-state index contributed by atoms with van der Waals surface area (Å²) in [6.07, 6.45) is 1.52. The number of hydrogen-bond donors (Lipinski definition) is 0. The third-order valence-electron chi connectivity index (χ3n) is 1.24. The average molecular weight is 221 g/mol. The molecule has 0 spiro atoms. The fraction of sp³-hybridized carbons (Fsp3) is 0.375. The van der Waals surface area contributed by atoms with E-state index in [9.17, 15) is 8.78 Å². The Hall–Kier alpha value is -0.420. The van der Waals surface area contributed by atoms with Crippen molar-refractivity contribution in [3.05, 3.63) is 23.2 Å². The molecule has 0 aromatic carbocycles. The smallest absolute Gasteiger partial charge is 0.238 e. The third-order valence-corrected chi connectivity index (χ3v) is 3.35. The second-order valence-corrected chi connectivity index (χ2v) is 4.94. The van der Waals surface area contributed by atoms with Crippen LogP contribution in [0.4, 0.5) is 8.78 Å². The van der Waals surface area contributed by atoms with Gasteiger partial charge in [0.15, 0.2) is 0 Å². The van der Waals surface area contributed by atoms with Crippen molar-refractivity contribution in [2.24, 2.45) is 0 Å². The molecule has 0 saturated carbocycles. The van der Waals surface area contributed by atoms with Gasteiger partial charge in [-0.15, -0.1) is 11.3 Å². The van der Waals surface area contributed by atoms with Crippen LogP contribution < -0.4 is 0 Å². The van der Waals surface area contributed by atoms with Crippen LogP contribution in [-0.2, 0) is 0 Å². The monoisotopic (exact) mass is 221 g/mol. The molecule has 0 atom stereocenters. The van der Waals surface area contributed by atoms with Crippen LogP contribution in [0.25, 0.3) is 0 Å². The maximum absolute atomic E-state index is 11.6. The van der Waals surface area contributed by atoms with Gasteiger partial charge >= 0.3 is 0 Å². The van der Waals surface area contributed by atoms with Crippen molar-refractivity contribution in [1.82, 2.24) is 4.98 Å². The topological polar surface area (TPSA) is 12.9 Å². The van der Waals surface area contributed by atoms with E-state index in [1.54, 1.807) is 17.5 Å². The Morgan fingerprint density at radius 1 is 1.69 bits per heavy atom. The molecular formula is C8H9F2NS2. The lowest BCUT2D eigenvalue weighted by Gasteiger charge is -1.91. The summed E-state index contributed by atoms with van der Waals surface area (Å²) in [7, 11) is 0. The van der Waals surface area contributed by atoms with Gasteiger partial charge in [0.25, 0.3) is 6.08 Å². The zero-order valence-electron chi connectivity index (χ0n) is 7.09. The summed E-state index contributed by atoms with van der Waals surface area (Å²) in [6.45, 7) is 1.98. The predicted molar refractivity (Wildman–Crippen MR) is 52.5 cm³/mol. The van der Waals surface area contributed by atoms with Crippen molar-refractivity contribution in [3.8, 4) is 0 Å². The van der Waals surface area contributed by atoms with Crippen LogP contribution in [0.5, 0.6) is 0 Å². The first-order valence-electron chi connectivity index (χ1n) is 3.75. The van der Waals surface area contributed by atoms with E-state index >= 15 is 0 Å². The Morgan fingerprint density at radius 3 is 3.00 bits per heavy atom. The van der Waals surface area contributed by atoms with Crippen LogP contribution in [0.1, 0.15) is 11.3 Å². The number of hydrogen-bond acceptors (Lipinski definition) is 3. The number of aryl methyl sites for hydroxylation is 1. The lowest BCUT2D eigenvalue weighted by Crippen LogP contribution is -1.75. The molecule has 0 N–H and O–H groups in total. The summed E-state index contributed by atoms with van der Waals surface area (Å²) in [5.74, 6) is 0.657. The fourth-order valence-electron chi connectivity index (χ4n) is 0.715. The van der Waals surface area contributed by atoms with E-state index in [1.165, 1.54) is 11.8 Å². The number of aromatic nitrogens is 1. The molecule has 0 aliphatic heterocycles. The van der Waals surface area contributed by atoms with E-state index in [1.807, 2.05) is 6.92 Å². The van der Waals surface area contributed by atoms with Gasteiger partial charge in [-0.2, -0.15) is 8.78 Å². The summed E-state index contributed by atoms with van der Waals surface area (Å²) in [6, 6.07) is 0. The Morgan fingerprint density at radius 2 is 2.46 bits per heavy atom. The Bertz CT molecular complexity index is 292. The highest BCUT2D eigenvalue weighted by Gasteiger charge is 1.98. The Balaban J connectivity index is 2.24. The number of allylic oxidation sites excluding steroid dienone is 1. The molecule has 1 heterocycles. The molecule has 13 heavy (non-hydrogen) atoms. The van der Waals surface area contributed by atoms with Crippen LogP contribution in [0.15, 0.2) is 22.7 Å². The van der Waals surface area contributed by atoms with Gasteiger partial charge in [-0.25, -0.2) is 4.98 Å². The van der Waals surface area contributed by atoms with E-state index in [0.29, 0.717) is 12.2 Å². The molecule has 0 fully saturated rings. The minimum Gasteiger partial charge on any atom is -0.238 e. The van der Waals surface area contributed by atoms with Gasteiger partial charge in [0.1, 0.15) is 4.34 Å². The summed E-state index contributed by atoms with van der Waals surface area (Å²) in [5.41, 5.74) is 0. The highest BCUT2D eigenvalue weighted by atomic mass is 32.2. The van der Waals surface area contributed by atoms with Crippen LogP contribution >= 0.6 is 23.1 Å². The van der Waals surface area contributed by atoms with Gasteiger partial charge < -0.3 is 0 Å². The van der Waals surface area contributed by atoms with E-state index in [-0.39, 0.29) is 0 Å². The van der Waals surface area contributed by atoms with Gasteiger partial charge in [-0.3, -0.25) is 0 Å². The number of nitrogens with zero attached hydrogens (tertiary/aromatic N) is 1. The fourth-order valence-corrected chi connectivity index (χ4v) is 2.62. The molecule has 0 saturated heterocycles. The van der Waals surface area contributed by atoms with Crippen molar-refractivity contribution >= 4 is 23.1 Å². The van der Waals surface area contributed by atoms with Gasteiger partial charge in [0.2, 0.25) is 0 Å². The first kappa shape index (κ1) is 10.7. The molecule has 0 radical (unpaired) electrons. The molecule has 1 nitrogen and oxygen atoms in total. The van der Waals surface area contributed by atoms with Crippen molar-refractivity contribution < 1.29 is 8.78 Å². The quantitative estimate of drug-likeness (QED) is 0.567. The van der Waals surface area contributed by atoms with Crippen LogP contribution in [0.2, 0.25) is 0 Å². The molecule has 1 aromatic rings. The standard InChI is InChI=1S/C8H9F2NS2/c1-6-5-11-8(13-6)12-4-2-3-7(9)10/h3,5H,2,4H2,1H3. The summed E-state index contributed by atoms with van der Waals surface area (Å²) >= 11 is 3.10. The number of thiazole rings is 1. The van der Waals surface area contributed by atoms with Crippen molar-refractivity contribution in [2.75, 3.05) is 5.75 Å². The highest BCUT2D eigenvalue weighted by Crippen LogP contribution is 2.24. The molecule has 72 valence electrons. The lowest BCUT2D eigenvalue weighted by molar-refractivity contribution is 0.418. The number of halogens is 2. The SMILES string of the molecule is Cc1cnc(SCCC=C(F)F)s1. The normalized spacial score (nSPS) is 10.1. The highest BCUT2D eigenvalue weighted by molar-refractivity contribution is 8.01. The Kier molecular flexibility index (Phi) is 4.38. The molecule has 1 rings (SSSR count). The van der Waals surface area contributed by atoms with Gasteiger partial charge in [0, 0.05) is 16.8 Å². The van der Waals surface area contributed by atoms with Gasteiger partial charge in [0.05, 0.1) is 0 Å². The van der Waals surface area contributed by atoms with Gasteiger partial charge in [-0.1, -0.05) is 11.8 Å². The zero-order valence-corrected chi connectivity index (χ0v) is 8.72. The molecule has 0 bridgehead atoms. The minimum absolute atomic E-state index is 0.394. The molecule has 0 amide bonds. The number of rotatable bonds is 4. The third kappa shape index (κ3) is 4.38. The second kappa shape index (κ2) is 5.34. The molecule has 5 heteroatoms. The Labute approximate surface area is 83.9 Å². The average Bonchev–Trinajstić information content (AvgIpc) is 2.45. The van der Waals surface area contributed by atoms with Crippen LogP contribution in [0.3, 0.4) is 0 Å².